The summed E-state index contributed by atoms with van der Waals surface area (Å²) in [4.78, 5) is 29.1. The van der Waals surface area contributed by atoms with Crippen molar-refractivity contribution < 1.29 is 9.59 Å². The van der Waals surface area contributed by atoms with Crippen molar-refractivity contribution in [2.24, 2.45) is 0 Å². The first-order valence-electron chi connectivity index (χ1n) is 9.81. The van der Waals surface area contributed by atoms with Crippen LogP contribution in [-0.2, 0) is 17.6 Å². The number of carbonyl (C=O) groups is 2. The van der Waals surface area contributed by atoms with Crippen LogP contribution < -0.4 is 15.1 Å². The molecule has 0 spiro atoms. The van der Waals surface area contributed by atoms with Crippen LogP contribution in [-0.4, -0.2) is 31.4 Å². The average molecular weight is 361 g/mol. The zero-order valence-corrected chi connectivity index (χ0v) is 15.3. The van der Waals surface area contributed by atoms with E-state index in [0.717, 1.165) is 55.0 Å². The predicted octanol–water partition coefficient (Wildman–Crippen LogP) is 3.37. The molecule has 0 aliphatic carbocycles. The van der Waals surface area contributed by atoms with Gasteiger partial charge in [0, 0.05) is 43.0 Å². The molecule has 0 atom stereocenters. The standard InChI is InChI=1S/C22H23N3O2/c26-20-8-3-15-13-17(14-16-9-12-25(20)21(15)16)22(27)23-18-4-6-19(7-5-18)24-10-1-2-11-24/h4-7,13-14H,1-3,8-12H2,(H,23,27). The normalized spacial score (nSPS) is 18.0. The third-order valence-electron chi connectivity index (χ3n) is 5.91. The van der Waals surface area contributed by atoms with Gasteiger partial charge >= 0.3 is 0 Å². The van der Waals surface area contributed by atoms with E-state index in [1.807, 2.05) is 29.2 Å². The number of hydrogen-bond donors (Lipinski definition) is 1. The molecule has 1 N–H and O–H groups in total. The Morgan fingerprint density at radius 2 is 1.59 bits per heavy atom. The molecule has 2 amide bonds. The number of nitrogens with zero attached hydrogens (tertiary/aromatic N) is 2. The Bertz CT molecular complexity index is 914. The summed E-state index contributed by atoms with van der Waals surface area (Å²) >= 11 is 0. The van der Waals surface area contributed by atoms with Crippen molar-refractivity contribution >= 4 is 28.9 Å². The fourth-order valence-corrected chi connectivity index (χ4v) is 4.52. The zero-order valence-electron chi connectivity index (χ0n) is 15.3. The van der Waals surface area contributed by atoms with Crippen LogP contribution in [0.3, 0.4) is 0 Å². The van der Waals surface area contributed by atoms with Crippen LogP contribution in [0.4, 0.5) is 17.1 Å². The summed E-state index contributed by atoms with van der Waals surface area (Å²) in [6.07, 6.45) is 4.60. The molecule has 2 aromatic rings. The molecule has 0 aromatic heterocycles. The van der Waals surface area contributed by atoms with E-state index in [9.17, 15) is 9.59 Å². The second kappa shape index (κ2) is 6.41. The summed E-state index contributed by atoms with van der Waals surface area (Å²) in [7, 11) is 0. The number of rotatable bonds is 3. The molecule has 2 aromatic carbocycles. The van der Waals surface area contributed by atoms with Crippen molar-refractivity contribution in [2.75, 3.05) is 34.8 Å². The van der Waals surface area contributed by atoms with Gasteiger partial charge in [0.2, 0.25) is 5.91 Å². The van der Waals surface area contributed by atoms with Gasteiger partial charge in [-0.25, -0.2) is 0 Å². The number of aryl methyl sites for hydroxylation is 1. The molecule has 3 aliphatic rings. The topological polar surface area (TPSA) is 52.7 Å². The molecule has 0 saturated carbocycles. The molecule has 0 radical (unpaired) electrons. The van der Waals surface area contributed by atoms with Crippen LogP contribution in [0, 0.1) is 0 Å². The molecule has 27 heavy (non-hydrogen) atoms. The molecule has 5 heteroatoms. The number of amides is 2. The van der Waals surface area contributed by atoms with E-state index in [-0.39, 0.29) is 11.8 Å². The summed E-state index contributed by atoms with van der Waals surface area (Å²) < 4.78 is 0. The van der Waals surface area contributed by atoms with Gasteiger partial charge in [-0.15, -0.1) is 0 Å². The Hall–Kier alpha value is -2.82. The van der Waals surface area contributed by atoms with Gasteiger partial charge in [-0.2, -0.15) is 0 Å². The van der Waals surface area contributed by atoms with E-state index >= 15 is 0 Å². The summed E-state index contributed by atoms with van der Waals surface area (Å²) in [6, 6.07) is 12.0. The second-order valence-corrected chi connectivity index (χ2v) is 7.63. The van der Waals surface area contributed by atoms with E-state index in [0.29, 0.717) is 12.0 Å². The van der Waals surface area contributed by atoms with Gasteiger partial charge in [0.05, 0.1) is 5.69 Å². The van der Waals surface area contributed by atoms with Crippen molar-refractivity contribution in [1.82, 2.24) is 0 Å². The fourth-order valence-electron chi connectivity index (χ4n) is 4.52. The van der Waals surface area contributed by atoms with E-state index in [1.54, 1.807) is 0 Å². The lowest BCUT2D eigenvalue weighted by Crippen LogP contribution is -2.33. The minimum Gasteiger partial charge on any atom is -0.372 e. The van der Waals surface area contributed by atoms with E-state index in [2.05, 4.69) is 22.3 Å². The number of hydrogen-bond acceptors (Lipinski definition) is 3. The maximum atomic E-state index is 12.8. The maximum Gasteiger partial charge on any atom is 0.255 e. The molecule has 0 unspecified atom stereocenters. The monoisotopic (exact) mass is 361 g/mol. The van der Waals surface area contributed by atoms with Crippen molar-refractivity contribution in [3.05, 3.63) is 53.1 Å². The summed E-state index contributed by atoms with van der Waals surface area (Å²) in [5.74, 6) is 0.120. The lowest BCUT2D eigenvalue weighted by atomic mass is 9.96. The van der Waals surface area contributed by atoms with Crippen LogP contribution in [0.1, 0.15) is 40.7 Å². The Kier molecular flexibility index (Phi) is 3.88. The van der Waals surface area contributed by atoms with Gasteiger partial charge in [-0.1, -0.05) is 0 Å². The van der Waals surface area contributed by atoms with Gasteiger partial charge in [-0.3, -0.25) is 9.59 Å². The molecule has 3 heterocycles. The van der Waals surface area contributed by atoms with Crippen molar-refractivity contribution in [3.8, 4) is 0 Å². The van der Waals surface area contributed by atoms with Crippen LogP contribution >= 0.6 is 0 Å². The molecule has 0 bridgehead atoms. The average Bonchev–Trinajstić information content (AvgIpc) is 3.36. The van der Waals surface area contributed by atoms with Crippen molar-refractivity contribution in [1.29, 1.82) is 0 Å². The Labute approximate surface area is 159 Å². The van der Waals surface area contributed by atoms with E-state index in [4.69, 9.17) is 0 Å². The Morgan fingerprint density at radius 3 is 2.33 bits per heavy atom. The highest BCUT2D eigenvalue weighted by atomic mass is 16.2. The summed E-state index contributed by atoms with van der Waals surface area (Å²) in [5, 5.41) is 3.02. The van der Waals surface area contributed by atoms with Crippen molar-refractivity contribution in [2.45, 2.75) is 32.1 Å². The van der Waals surface area contributed by atoms with E-state index < -0.39 is 0 Å². The van der Waals surface area contributed by atoms with Crippen LogP contribution in [0.5, 0.6) is 0 Å². The Balaban J connectivity index is 1.35. The van der Waals surface area contributed by atoms with Gasteiger partial charge in [-0.05, 0) is 73.2 Å². The predicted molar refractivity (Wildman–Crippen MR) is 107 cm³/mol. The lowest BCUT2D eigenvalue weighted by Gasteiger charge is -2.25. The van der Waals surface area contributed by atoms with Crippen LogP contribution in [0.15, 0.2) is 36.4 Å². The number of carbonyl (C=O) groups excluding carboxylic acids is 2. The highest BCUT2D eigenvalue weighted by Gasteiger charge is 2.32. The Morgan fingerprint density at radius 1 is 0.889 bits per heavy atom. The van der Waals surface area contributed by atoms with Gasteiger partial charge < -0.3 is 15.1 Å². The molecule has 5 rings (SSSR count). The first kappa shape index (κ1) is 16.4. The fraction of sp³-hybridized carbons (Fsp3) is 0.364. The minimum atomic E-state index is -0.0849. The SMILES string of the molecule is O=C(Nc1ccc(N2CCCC2)cc1)c1cc2c3c(c1)CCN3C(=O)CC2. The molecule has 3 aliphatic heterocycles. The van der Waals surface area contributed by atoms with Crippen LogP contribution in [0.2, 0.25) is 0 Å². The number of benzene rings is 2. The first-order chi connectivity index (χ1) is 13.2. The molecular weight excluding hydrogens is 338 g/mol. The number of anilines is 3. The third-order valence-corrected chi connectivity index (χ3v) is 5.91. The second-order valence-electron chi connectivity index (χ2n) is 7.63. The highest BCUT2D eigenvalue weighted by Crippen LogP contribution is 2.37. The maximum absolute atomic E-state index is 12.8. The molecule has 1 saturated heterocycles. The molecular formula is C22H23N3O2. The largest absolute Gasteiger partial charge is 0.372 e. The smallest absolute Gasteiger partial charge is 0.255 e. The van der Waals surface area contributed by atoms with E-state index in [1.165, 1.54) is 18.5 Å². The quantitative estimate of drug-likeness (QED) is 0.912. The van der Waals surface area contributed by atoms with Gasteiger partial charge in [0.1, 0.15) is 0 Å². The molecule has 5 nitrogen and oxygen atoms in total. The molecule has 1 fully saturated rings. The lowest BCUT2D eigenvalue weighted by molar-refractivity contribution is -0.118. The summed E-state index contributed by atoms with van der Waals surface area (Å²) in [5.41, 5.74) is 6.02. The van der Waals surface area contributed by atoms with Gasteiger partial charge in [0.15, 0.2) is 0 Å². The third kappa shape index (κ3) is 2.87. The zero-order chi connectivity index (χ0) is 18.4. The minimum absolute atomic E-state index is 0.0849. The van der Waals surface area contributed by atoms with Crippen molar-refractivity contribution in [3.63, 3.8) is 0 Å². The molecule has 138 valence electrons. The van der Waals surface area contributed by atoms with Gasteiger partial charge in [0.25, 0.3) is 5.91 Å². The summed E-state index contributed by atoms with van der Waals surface area (Å²) in [6.45, 7) is 2.97. The number of nitrogens with one attached hydrogen (secondary N) is 1. The highest BCUT2D eigenvalue weighted by molar-refractivity contribution is 6.06. The first-order valence-corrected chi connectivity index (χ1v) is 9.81. The van der Waals surface area contributed by atoms with Crippen LogP contribution in [0.25, 0.3) is 0 Å².